The zero-order valence-electron chi connectivity index (χ0n) is 15.2. The minimum Gasteiger partial charge on any atom is -0.332 e. The van der Waals surface area contributed by atoms with Gasteiger partial charge in [0.1, 0.15) is 12.7 Å². The Morgan fingerprint density at radius 1 is 1.04 bits per heavy atom. The number of aromatic nitrogens is 3. The lowest BCUT2D eigenvalue weighted by atomic mass is 10.0. The van der Waals surface area contributed by atoms with Crippen molar-refractivity contribution in [3.63, 3.8) is 0 Å². The summed E-state index contributed by atoms with van der Waals surface area (Å²) >= 11 is 0. The first kappa shape index (κ1) is 17.3. The molecule has 0 radical (unpaired) electrons. The molecule has 1 heterocycles. The first-order valence-corrected chi connectivity index (χ1v) is 9.27. The van der Waals surface area contributed by atoms with Gasteiger partial charge in [-0.2, -0.15) is 5.10 Å². The molecule has 6 nitrogen and oxygen atoms in total. The van der Waals surface area contributed by atoms with E-state index in [0.29, 0.717) is 5.92 Å². The fourth-order valence-corrected chi connectivity index (χ4v) is 3.28. The van der Waals surface area contributed by atoms with Gasteiger partial charge in [0.25, 0.3) is 0 Å². The summed E-state index contributed by atoms with van der Waals surface area (Å²) in [6.45, 7) is 1.98. The van der Waals surface area contributed by atoms with Crippen LogP contribution >= 0.6 is 0 Å². The maximum atomic E-state index is 12.6. The predicted molar refractivity (Wildman–Crippen MR) is 103 cm³/mol. The van der Waals surface area contributed by atoms with Crippen molar-refractivity contribution in [1.29, 1.82) is 0 Å². The molecule has 2 atom stereocenters. The number of hydrogen-bond acceptors (Lipinski definition) is 3. The average Bonchev–Trinajstić information content (AvgIpc) is 3.39. The molecule has 1 aliphatic rings. The SMILES string of the molecule is CC(NC(=O)NC(c1ccccc1)C1CC1)c1ccc(-n2cncn2)cc1. The number of nitrogens with zero attached hydrogens (tertiary/aromatic N) is 3. The van der Waals surface area contributed by atoms with Crippen LogP contribution in [0.4, 0.5) is 4.79 Å². The molecular weight excluding hydrogens is 338 g/mol. The van der Waals surface area contributed by atoms with Gasteiger partial charge < -0.3 is 10.6 Å². The van der Waals surface area contributed by atoms with Gasteiger partial charge in [-0.1, -0.05) is 42.5 Å². The van der Waals surface area contributed by atoms with Crippen LogP contribution in [0.25, 0.3) is 5.69 Å². The lowest BCUT2D eigenvalue weighted by molar-refractivity contribution is 0.232. The van der Waals surface area contributed by atoms with Crippen LogP contribution in [-0.2, 0) is 0 Å². The molecule has 2 N–H and O–H groups in total. The second-order valence-corrected chi connectivity index (χ2v) is 7.00. The molecule has 1 aliphatic carbocycles. The van der Waals surface area contributed by atoms with Crippen molar-refractivity contribution in [1.82, 2.24) is 25.4 Å². The van der Waals surface area contributed by atoms with E-state index >= 15 is 0 Å². The van der Waals surface area contributed by atoms with Crippen molar-refractivity contribution in [2.75, 3.05) is 0 Å². The Labute approximate surface area is 158 Å². The van der Waals surface area contributed by atoms with E-state index in [0.717, 1.165) is 11.3 Å². The molecule has 3 aromatic rings. The molecule has 1 aromatic heterocycles. The van der Waals surface area contributed by atoms with Gasteiger partial charge in [-0.15, -0.1) is 0 Å². The van der Waals surface area contributed by atoms with Crippen molar-refractivity contribution >= 4 is 6.03 Å². The van der Waals surface area contributed by atoms with E-state index in [1.54, 1.807) is 11.0 Å². The fourth-order valence-electron chi connectivity index (χ4n) is 3.28. The van der Waals surface area contributed by atoms with Crippen molar-refractivity contribution in [2.45, 2.75) is 31.8 Å². The third-order valence-corrected chi connectivity index (χ3v) is 4.96. The Hall–Kier alpha value is -3.15. The van der Waals surface area contributed by atoms with Gasteiger partial charge in [-0.3, -0.25) is 0 Å². The van der Waals surface area contributed by atoms with Gasteiger partial charge in [-0.25, -0.2) is 14.5 Å². The first-order chi connectivity index (χ1) is 13.2. The summed E-state index contributed by atoms with van der Waals surface area (Å²) in [5, 5.41) is 10.3. The Balaban J connectivity index is 1.38. The molecule has 1 fully saturated rings. The molecule has 0 spiro atoms. The van der Waals surface area contributed by atoms with E-state index in [1.807, 2.05) is 49.4 Å². The minimum absolute atomic E-state index is 0.0769. The lowest BCUT2D eigenvalue weighted by Gasteiger charge is -2.21. The number of hydrogen-bond donors (Lipinski definition) is 2. The number of benzene rings is 2. The average molecular weight is 361 g/mol. The molecule has 0 saturated heterocycles. The van der Waals surface area contributed by atoms with Gasteiger partial charge in [0, 0.05) is 0 Å². The van der Waals surface area contributed by atoms with E-state index in [2.05, 4.69) is 32.8 Å². The Bertz CT molecular complexity index is 873. The molecule has 2 aromatic carbocycles. The molecule has 2 unspecified atom stereocenters. The molecule has 1 saturated carbocycles. The fraction of sp³-hybridized carbons (Fsp3) is 0.286. The quantitative estimate of drug-likeness (QED) is 0.702. The zero-order valence-corrected chi connectivity index (χ0v) is 15.2. The summed E-state index contributed by atoms with van der Waals surface area (Å²) in [6.07, 6.45) is 5.50. The monoisotopic (exact) mass is 361 g/mol. The Kier molecular flexibility index (Phi) is 4.87. The van der Waals surface area contributed by atoms with Crippen LogP contribution in [-0.4, -0.2) is 20.8 Å². The van der Waals surface area contributed by atoms with Crippen LogP contribution in [0.2, 0.25) is 0 Å². The molecule has 0 aliphatic heterocycles. The van der Waals surface area contributed by atoms with E-state index in [9.17, 15) is 4.79 Å². The highest BCUT2D eigenvalue weighted by Gasteiger charge is 2.33. The standard InChI is InChI=1S/C21H23N5O/c1-15(16-9-11-19(12-10-16)26-14-22-13-23-26)24-21(27)25-20(18-7-8-18)17-5-3-2-4-6-17/h2-6,9-15,18,20H,7-8H2,1H3,(H2,24,25,27). The van der Waals surface area contributed by atoms with Crippen molar-refractivity contribution in [3.05, 3.63) is 78.4 Å². The number of rotatable bonds is 6. The third-order valence-electron chi connectivity index (χ3n) is 4.96. The zero-order chi connectivity index (χ0) is 18.6. The van der Waals surface area contributed by atoms with Crippen molar-refractivity contribution in [2.24, 2.45) is 5.92 Å². The van der Waals surface area contributed by atoms with E-state index in [1.165, 1.54) is 24.7 Å². The molecule has 2 amide bonds. The van der Waals surface area contributed by atoms with Gasteiger partial charge in [0.2, 0.25) is 0 Å². The van der Waals surface area contributed by atoms with Crippen LogP contribution in [0, 0.1) is 5.92 Å². The number of carbonyl (C=O) groups excluding carboxylic acids is 1. The van der Waals surface area contributed by atoms with Crippen LogP contribution in [0.15, 0.2) is 67.3 Å². The molecule has 138 valence electrons. The Morgan fingerprint density at radius 2 is 1.78 bits per heavy atom. The maximum Gasteiger partial charge on any atom is 0.315 e. The summed E-state index contributed by atoms with van der Waals surface area (Å²) in [4.78, 5) is 16.5. The topological polar surface area (TPSA) is 71.8 Å². The summed E-state index contributed by atoms with van der Waals surface area (Å²) < 4.78 is 1.70. The molecular formula is C21H23N5O. The largest absolute Gasteiger partial charge is 0.332 e. The normalized spacial score (nSPS) is 15.7. The highest BCUT2D eigenvalue weighted by Crippen LogP contribution is 2.40. The predicted octanol–water partition coefficient (Wildman–Crippen LogP) is 3.78. The van der Waals surface area contributed by atoms with Crippen LogP contribution < -0.4 is 10.6 Å². The molecule has 6 heteroatoms. The van der Waals surface area contributed by atoms with Gasteiger partial charge >= 0.3 is 6.03 Å². The van der Waals surface area contributed by atoms with Crippen LogP contribution in [0.3, 0.4) is 0 Å². The maximum absolute atomic E-state index is 12.6. The third kappa shape index (κ3) is 4.16. The summed E-state index contributed by atoms with van der Waals surface area (Å²) in [7, 11) is 0. The number of nitrogens with one attached hydrogen (secondary N) is 2. The van der Waals surface area contributed by atoms with E-state index < -0.39 is 0 Å². The van der Waals surface area contributed by atoms with E-state index in [-0.39, 0.29) is 18.1 Å². The number of carbonyl (C=O) groups is 1. The summed E-state index contributed by atoms with van der Waals surface area (Å²) in [5.74, 6) is 0.537. The van der Waals surface area contributed by atoms with Crippen molar-refractivity contribution in [3.8, 4) is 5.69 Å². The Morgan fingerprint density at radius 3 is 2.41 bits per heavy atom. The second-order valence-electron chi connectivity index (χ2n) is 7.00. The highest BCUT2D eigenvalue weighted by atomic mass is 16.2. The van der Waals surface area contributed by atoms with Crippen LogP contribution in [0.5, 0.6) is 0 Å². The number of amides is 2. The molecule has 4 rings (SSSR count). The highest BCUT2D eigenvalue weighted by molar-refractivity contribution is 5.75. The molecule has 0 bridgehead atoms. The smallest absolute Gasteiger partial charge is 0.315 e. The lowest BCUT2D eigenvalue weighted by Crippen LogP contribution is -2.39. The van der Waals surface area contributed by atoms with E-state index in [4.69, 9.17) is 0 Å². The van der Waals surface area contributed by atoms with Crippen molar-refractivity contribution < 1.29 is 4.79 Å². The van der Waals surface area contributed by atoms with Gasteiger partial charge in [0.05, 0.1) is 17.8 Å². The van der Waals surface area contributed by atoms with Gasteiger partial charge in [-0.05, 0) is 48.9 Å². The van der Waals surface area contributed by atoms with Crippen LogP contribution in [0.1, 0.15) is 43.0 Å². The summed E-state index contributed by atoms with van der Waals surface area (Å²) in [5.41, 5.74) is 3.14. The summed E-state index contributed by atoms with van der Waals surface area (Å²) in [6, 6.07) is 18.0. The minimum atomic E-state index is -0.136. The number of urea groups is 1. The second kappa shape index (κ2) is 7.61. The molecule has 27 heavy (non-hydrogen) atoms. The van der Waals surface area contributed by atoms with Gasteiger partial charge in [0.15, 0.2) is 0 Å². The first-order valence-electron chi connectivity index (χ1n) is 9.27.